The molecule has 0 saturated carbocycles. The lowest BCUT2D eigenvalue weighted by molar-refractivity contribution is 0.0281. The molecule has 0 bridgehead atoms. The van der Waals surface area contributed by atoms with E-state index in [-0.39, 0.29) is 5.92 Å². The molecule has 0 fully saturated rings. The van der Waals surface area contributed by atoms with Crippen LogP contribution in [0.4, 0.5) is 0 Å². The van der Waals surface area contributed by atoms with Crippen molar-refractivity contribution in [2.24, 2.45) is 5.92 Å². The molecular formula is C19H22N2O2. The van der Waals surface area contributed by atoms with Gasteiger partial charge in [0, 0.05) is 0 Å². The Morgan fingerprint density at radius 3 is 2.61 bits per heavy atom. The molecule has 0 spiro atoms. The molecule has 2 aromatic carbocycles. The topological polar surface area (TPSA) is 58.1 Å². The summed E-state index contributed by atoms with van der Waals surface area (Å²) in [5.74, 6) is 0.873. The monoisotopic (exact) mass is 310 g/mol. The lowest BCUT2D eigenvalue weighted by atomic mass is 9.80. The van der Waals surface area contributed by atoms with Crippen molar-refractivity contribution in [3.8, 4) is 5.75 Å². The molecule has 3 rings (SSSR count). The number of aromatic amines is 1. The number of fused-ring (bicyclic) bond motifs is 1. The van der Waals surface area contributed by atoms with E-state index in [2.05, 4.69) is 9.97 Å². The first-order valence-electron chi connectivity index (χ1n) is 7.77. The molecule has 3 aromatic rings. The first kappa shape index (κ1) is 15.6. The van der Waals surface area contributed by atoms with E-state index in [0.29, 0.717) is 5.69 Å². The van der Waals surface area contributed by atoms with E-state index in [1.165, 1.54) is 0 Å². The minimum absolute atomic E-state index is 0.000236. The number of nitrogens with zero attached hydrogens (tertiary/aromatic N) is 1. The summed E-state index contributed by atoms with van der Waals surface area (Å²) >= 11 is 0. The van der Waals surface area contributed by atoms with Gasteiger partial charge in [-0.05, 0) is 46.9 Å². The maximum absolute atomic E-state index is 11.4. The highest BCUT2D eigenvalue weighted by Gasteiger charge is 2.36. The molecule has 1 atom stereocenters. The van der Waals surface area contributed by atoms with Crippen molar-refractivity contribution in [1.82, 2.24) is 9.97 Å². The first-order valence-corrected chi connectivity index (χ1v) is 7.77. The van der Waals surface area contributed by atoms with Crippen LogP contribution in [-0.4, -0.2) is 22.2 Å². The predicted molar refractivity (Wildman–Crippen MR) is 91.7 cm³/mol. The quantitative estimate of drug-likeness (QED) is 0.771. The number of aromatic nitrogens is 2. The van der Waals surface area contributed by atoms with Crippen molar-refractivity contribution in [1.29, 1.82) is 0 Å². The first-order chi connectivity index (χ1) is 11.0. The second-order valence-electron chi connectivity index (χ2n) is 6.22. The molecule has 1 aromatic heterocycles. The summed E-state index contributed by atoms with van der Waals surface area (Å²) in [5.41, 5.74) is 1.57. The molecule has 0 aliphatic heterocycles. The Kier molecular flexibility index (Phi) is 3.86. The van der Waals surface area contributed by atoms with Gasteiger partial charge in [-0.15, -0.1) is 0 Å². The van der Waals surface area contributed by atoms with Gasteiger partial charge in [-0.3, -0.25) is 0 Å². The number of rotatable bonds is 4. The van der Waals surface area contributed by atoms with Gasteiger partial charge in [-0.25, -0.2) is 4.98 Å². The van der Waals surface area contributed by atoms with Crippen molar-refractivity contribution in [3.05, 3.63) is 59.7 Å². The third-order valence-electron chi connectivity index (χ3n) is 4.64. The molecule has 0 radical (unpaired) electrons. The fraction of sp³-hybridized carbons (Fsp3) is 0.316. The summed E-state index contributed by atoms with van der Waals surface area (Å²) in [6.45, 7) is 6.05. The minimum Gasteiger partial charge on any atom is -0.496 e. The van der Waals surface area contributed by atoms with Crippen molar-refractivity contribution >= 4 is 10.8 Å². The molecule has 120 valence electrons. The number of benzene rings is 2. The van der Waals surface area contributed by atoms with E-state index in [4.69, 9.17) is 4.74 Å². The second kappa shape index (κ2) is 5.70. The fourth-order valence-corrected chi connectivity index (χ4v) is 3.19. The van der Waals surface area contributed by atoms with E-state index >= 15 is 0 Å². The van der Waals surface area contributed by atoms with Crippen molar-refractivity contribution in [2.75, 3.05) is 7.11 Å². The van der Waals surface area contributed by atoms with E-state index in [9.17, 15) is 5.11 Å². The summed E-state index contributed by atoms with van der Waals surface area (Å²) in [4.78, 5) is 7.12. The Labute approximate surface area is 136 Å². The average Bonchev–Trinajstić information content (AvgIpc) is 3.09. The van der Waals surface area contributed by atoms with Crippen LogP contribution in [0.3, 0.4) is 0 Å². The van der Waals surface area contributed by atoms with Gasteiger partial charge < -0.3 is 14.8 Å². The SMILES string of the molecule is COc1ccc2cc([C@](O)(c3cnc[nH]3)C(C)C)ccc2c1C. The van der Waals surface area contributed by atoms with Crippen LogP contribution in [0.25, 0.3) is 10.8 Å². The zero-order valence-electron chi connectivity index (χ0n) is 13.9. The number of H-pyrrole nitrogens is 1. The zero-order chi connectivity index (χ0) is 16.6. The largest absolute Gasteiger partial charge is 0.496 e. The number of nitrogens with one attached hydrogen (secondary N) is 1. The van der Waals surface area contributed by atoms with Crippen LogP contribution < -0.4 is 4.74 Å². The highest BCUT2D eigenvalue weighted by molar-refractivity contribution is 5.88. The third-order valence-corrected chi connectivity index (χ3v) is 4.64. The summed E-state index contributed by atoms with van der Waals surface area (Å²) in [7, 11) is 1.68. The molecule has 23 heavy (non-hydrogen) atoms. The summed E-state index contributed by atoms with van der Waals surface area (Å²) < 4.78 is 5.39. The number of aliphatic hydroxyl groups is 1. The third kappa shape index (κ3) is 2.39. The molecule has 0 aliphatic rings. The lowest BCUT2D eigenvalue weighted by Gasteiger charge is -2.32. The highest BCUT2D eigenvalue weighted by Crippen LogP contribution is 2.38. The van der Waals surface area contributed by atoms with E-state index in [1.807, 2.05) is 51.1 Å². The Balaban J connectivity index is 2.19. The second-order valence-corrected chi connectivity index (χ2v) is 6.22. The maximum atomic E-state index is 11.4. The zero-order valence-corrected chi connectivity index (χ0v) is 13.9. The molecule has 4 heteroatoms. The van der Waals surface area contributed by atoms with Gasteiger partial charge >= 0.3 is 0 Å². The number of ether oxygens (including phenoxy) is 1. The van der Waals surface area contributed by atoms with Crippen LogP contribution in [0.15, 0.2) is 42.9 Å². The highest BCUT2D eigenvalue weighted by atomic mass is 16.5. The minimum atomic E-state index is -1.10. The summed E-state index contributed by atoms with van der Waals surface area (Å²) in [5, 5.41) is 13.6. The number of hydrogen-bond donors (Lipinski definition) is 2. The molecule has 2 N–H and O–H groups in total. The van der Waals surface area contributed by atoms with Gasteiger partial charge in [0.1, 0.15) is 11.4 Å². The molecule has 0 saturated heterocycles. The number of hydrogen-bond acceptors (Lipinski definition) is 3. The predicted octanol–water partition coefficient (Wildman–Crippen LogP) is 3.77. The van der Waals surface area contributed by atoms with Gasteiger partial charge in [0.2, 0.25) is 0 Å². The molecule has 0 unspecified atom stereocenters. The van der Waals surface area contributed by atoms with Crippen molar-refractivity contribution in [3.63, 3.8) is 0 Å². The van der Waals surface area contributed by atoms with E-state index in [1.54, 1.807) is 19.6 Å². The Morgan fingerprint density at radius 2 is 2.00 bits per heavy atom. The number of aryl methyl sites for hydroxylation is 1. The lowest BCUT2D eigenvalue weighted by Crippen LogP contribution is -2.33. The van der Waals surface area contributed by atoms with E-state index in [0.717, 1.165) is 27.6 Å². The summed E-state index contributed by atoms with van der Waals surface area (Å²) in [6.07, 6.45) is 3.28. The summed E-state index contributed by atoms with van der Waals surface area (Å²) in [6, 6.07) is 10.1. The van der Waals surface area contributed by atoms with Crippen LogP contribution >= 0.6 is 0 Å². The van der Waals surface area contributed by atoms with Gasteiger partial charge in [0.05, 0.1) is 25.3 Å². The molecule has 4 nitrogen and oxygen atoms in total. The molecular weight excluding hydrogens is 288 g/mol. The fourth-order valence-electron chi connectivity index (χ4n) is 3.19. The smallest absolute Gasteiger partial charge is 0.133 e. The average molecular weight is 310 g/mol. The normalized spacial score (nSPS) is 14.2. The number of imidazole rings is 1. The molecule has 0 aliphatic carbocycles. The van der Waals surface area contributed by atoms with Gasteiger partial charge in [-0.1, -0.05) is 32.0 Å². The van der Waals surface area contributed by atoms with Gasteiger partial charge in [0.25, 0.3) is 0 Å². The van der Waals surface area contributed by atoms with Crippen LogP contribution in [-0.2, 0) is 5.60 Å². The molecule has 1 heterocycles. The van der Waals surface area contributed by atoms with Crippen LogP contribution in [0, 0.1) is 12.8 Å². The number of methoxy groups -OCH3 is 1. The van der Waals surface area contributed by atoms with Crippen LogP contribution in [0.5, 0.6) is 5.75 Å². The van der Waals surface area contributed by atoms with Gasteiger partial charge in [-0.2, -0.15) is 0 Å². The van der Waals surface area contributed by atoms with E-state index < -0.39 is 5.60 Å². The van der Waals surface area contributed by atoms with Crippen LogP contribution in [0.1, 0.15) is 30.7 Å². The Bertz CT molecular complexity index is 825. The van der Waals surface area contributed by atoms with Crippen molar-refractivity contribution < 1.29 is 9.84 Å². The maximum Gasteiger partial charge on any atom is 0.133 e. The Hall–Kier alpha value is -2.33. The van der Waals surface area contributed by atoms with Crippen molar-refractivity contribution in [2.45, 2.75) is 26.4 Å². The standard InChI is InChI=1S/C19H22N2O2/c1-12(2)19(22,18-10-20-11-21-18)15-6-7-16-13(3)17(23-4)8-5-14(16)9-15/h5-12,22H,1-4H3,(H,20,21)/t19-/m0/s1. The molecule has 0 amide bonds. The van der Waals surface area contributed by atoms with Gasteiger partial charge in [0.15, 0.2) is 0 Å². The Morgan fingerprint density at radius 1 is 1.22 bits per heavy atom. The van der Waals surface area contributed by atoms with Crippen LogP contribution in [0.2, 0.25) is 0 Å².